The molecule has 2 atom stereocenters. The van der Waals surface area contributed by atoms with Gasteiger partial charge in [0.15, 0.2) is 0 Å². The van der Waals surface area contributed by atoms with Crippen molar-refractivity contribution in [2.45, 2.75) is 45.9 Å². The highest BCUT2D eigenvalue weighted by Crippen LogP contribution is 2.14. The van der Waals surface area contributed by atoms with Crippen molar-refractivity contribution in [1.29, 1.82) is 0 Å². The number of aromatic nitrogens is 2. The molecule has 1 N–H and O–H groups in total. The van der Waals surface area contributed by atoms with Crippen molar-refractivity contribution in [1.82, 2.24) is 20.0 Å². The van der Waals surface area contributed by atoms with E-state index >= 15 is 0 Å². The van der Waals surface area contributed by atoms with Gasteiger partial charge >= 0.3 is 0 Å². The first-order chi connectivity index (χ1) is 7.70. The standard InChI is InChI=1S/C12H22N4/c1-4-15-8-12(7-14-15)9-16-10(2)5-13-6-11(16)3/h7-8,10-11,13H,4-6,9H2,1-3H3. The third kappa shape index (κ3) is 2.44. The number of aryl methyl sites for hydroxylation is 1. The molecule has 0 spiro atoms. The van der Waals surface area contributed by atoms with Gasteiger partial charge in [-0.15, -0.1) is 0 Å². The van der Waals surface area contributed by atoms with Gasteiger partial charge in [-0.05, 0) is 20.8 Å². The number of hydrogen-bond donors (Lipinski definition) is 1. The van der Waals surface area contributed by atoms with E-state index in [0.29, 0.717) is 12.1 Å². The highest BCUT2D eigenvalue weighted by atomic mass is 15.3. The molecule has 2 heterocycles. The van der Waals surface area contributed by atoms with Gasteiger partial charge in [0.2, 0.25) is 0 Å². The van der Waals surface area contributed by atoms with Crippen molar-refractivity contribution in [3.05, 3.63) is 18.0 Å². The number of hydrogen-bond acceptors (Lipinski definition) is 3. The Kier molecular flexibility index (Phi) is 3.61. The zero-order valence-corrected chi connectivity index (χ0v) is 10.5. The molecule has 1 aromatic rings. The van der Waals surface area contributed by atoms with Gasteiger partial charge in [0.25, 0.3) is 0 Å². The van der Waals surface area contributed by atoms with E-state index in [1.54, 1.807) is 0 Å². The van der Waals surface area contributed by atoms with E-state index in [2.05, 4.69) is 42.3 Å². The lowest BCUT2D eigenvalue weighted by Crippen LogP contribution is -2.54. The summed E-state index contributed by atoms with van der Waals surface area (Å²) in [5.41, 5.74) is 1.32. The van der Waals surface area contributed by atoms with Gasteiger partial charge in [-0.3, -0.25) is 9.58 Å². The number of piperazine rings is 1. The quantitative estimate of drug-likeness (QED) is 0.831. The molecule has 4 heteroatoms. The van der Waals surface area contributed by atoms with E-state index in [9.17, 15) is 0 Å². The molecule has 0 bridgehead atoms. The first-order valence-electron chi connectivity index (χ1n) is 6.18. The molecule has 0 saturated carbocycles. The molecule has 1 fully saturated rings. The van der Waals surface area contributed by atoms with Crippen LogP contribution in [-0.4, -0.2) is 39.9 Å². The van der Waals surface area contributed by atoms with E-state index in [-0.39, 0.29) is 0 Å². The fraction of sp³-hybridized carbons (Fsp3) is 0.750. The average molecular weight is 222 g/mol. The zero-order valence-electron chi connectivity index (χ0n) is 10.5. The van der Waals surface area contributed by atoms with Crippen LogP contribution in [0.4, 0.5) is 0 Å². The number of nitrogens with zero attached hydrogens (tertiary/aromatic N) is 3. The molecule has 0 radical (unpaired) electrons. The molecule has 0 aliphatic carbocycles. The van der Waals surface area contributed by atoms with Crippen LogP contribution in [0, 0.1) is 0 Å². The first-order valence-corrected chi connectivity index (χ1v) is 6.18. The summed E-state index contributed by atoms with van der Waals surface area (Å²) in [6, 6.07) is 1.21. The topological polar surface area (TPSA) is 33.1 Å². The Morgan fingerprint density at radius 1 is 1.38 bits per heavy atom. The molecular formula is C12H22N4. The van der Waals surface area contributed by atoms with Gasteiger partial charge in [-0.1, -0.05) is 0 Å². The Morgan fingerprint density at radius 3 is 2.62 bits per heavy atom. The average Bonchev–Trinajstić information content (AvgIpc) is 2.71. The van der Waals surface area contributed by atoms with Crippen molar-refractivity contribution >= 4 is 0 Å². The maximum atomic E-state index is 4.32. The normalized spacial score (nSPS) is 27.2. The Labute approximate surface area is 97.6 Å². The molecule has 1 saturated heterocycles. The maximum absolute atomic E-state index is 4.32. The minimum absolute atomic E-state index is 0.605. The summed E-state index contributed by atoms with van der Waals surface area (Å²) >= 11 is 0. The molecule has 2 rings (SSSR count). The van der Waals surface area contributed by atoms with Crippen LogP contribution >= 0.6 is 0 Å². The van der Waals surface area contributed by atoms with Crippen molar-refractivity contribution in [2.24, 2.45) is 0 Å². The highest BCUT2D eigenvalue weighted by molar-refractivity contribution is 5.05. The summed E-state index contributed by atoms with van der Waals surface area (Å²) in [7, 11) is 0. The summed E-state index contributed by atoms with van der Waals surface area (Å²) in [5.74, 6) is 0. The SMILES string of the molecule is CCn1cc(CN2C(C)CNCC2C)cn1. The van der Waals surface area contributed by atoms with Crippen LogP contribution in [0.3, 0.4) is 0 Å². The van der Waals surface area contributed by atoms with Crippen LogP contribution in [-0.2, 0) is 13.1 Å². The Hall–Kier alpha value is -0.870. The molecule has 0 amide bonds. The maximum Gasteiger partial charge on any atom is 0.0534 e. The van der Waals surface area contributed by atoms with Crippen LogP contribution in [0.15, 0.2) is 12.4 Å². The van der Waals surface area contributed by atoms with Gasteiger partial charge in [0.1, 0.15) is 0 Å². The fourth-order valence-corrected chi connectivity index (χ4v) is 2.35. The Bertz CT molecular complexity index is 324. The van der Waals surface area contributed by atoms with Crippen molar-refractivity contribution in [3.8, 4) is 0 Å². The summed E-state index contributed by atoms with van der Waals surface area (Å²) < 4.78 is 1.99. The van der Waals surface area contributed by atoms with Gasteiger partial charge in [-0.25, -0.2) is 0 Å². The van der Waals surface area contributed by atoms with Gasteiger partial charge < -0.3 is 5.32 Å². The first kappa shape index (κ1) is 11.6. The molecule has 1 aliphatic rings. The summed E-state index contributed by atoms with van der Waals surface area (Å²) in [5, 5.41) is 7.78. The predicted octanol–water partition coefficient (Wildman–Crippen LogP) is 1.09. The van der Waals surface area contributed by atoms with E-state index < -0.39 is 0 Å². The van der Waals surface area contributed by atoms with Crippen LogP contribution < -0.4 is 5.32 Å². The van der Waals surface area contributed by atoms with E-state index in [1.165, 1.54) is 5.56 Å². The number of rotatable bonds is 3. The molecule has 2 unspecified atom stereocenters. The van der Waals surface area contributed by atoms with Gasteiger partial charge in [0.05, 0.1) is 6.20 Å². The zero-order chi connectivity index (χ0) is 11.5. The van der Waals surface area contributed by atoms with Crippen LogP contribution in [0.1, 0.15) is 26.3 Å². The van der Waals surface area contributed by atoms with Crippen LogP contribution in [0.25, 0.3) is 0 Å². The summed E-state index contributed by atoms with van der Waals surface area (Å²) in [6.07, 6.45) is 4.15. The van der Waals surface area contributed by atoms with Gasteiger partial charge in [0, 0.05) is 50.0 Å². The smallest absolute Gasteiger partial charge is 0.0534 e. The third-order valence-corrected chi connectivity index (χ3v) is 3.39. The Morgan fingerprint density at radius 2 is 2.06 bits per heavy atom. The highest BCUT2D eigenvalue weighted by Gasteiger charge is 2.24. The fourth-order valence-electron chi connectivity index (χ4n) is 2.35. The van der Waals surface area contributed by atoms with E-state index in [4.69, 9.17) is 0 Å². The monoisotopic (exact) mass is 222 g/mol. The second-order valence-electron chi connectivity index (χ2n) is 4.73. The minimum Gasteiger partial charge on any atom is -0.314 e. The summed E-state index contributed by atoms with van der Waals surface area (Å²) in [6.45, 7) is 10.8. The lowest BCUT2D eigenvalue weighted by molar-refractivity contribution is 0.109. The minimum atomic E-state index is 0.605. The molecule has 90 valence electrons. The van der Waals surface area contributed by atoms with Crippen molar-refractivity contribution in [3.63, 3.8) is 0 Å². The Balaban J connectivity index is 2.01. The predicted molar refractivity (Wildman–Crippen MR) is 65.2 cm³/mol. The van der Waals surface area contributed by atoms with E-state index in [0.717, 1.165) is 26.2 Å². The lowest BCUT2D eigenvalue weighted by Gasteiger charge is -2.39. The molecule has 1 aromatic heterocycles. The third-order valence-electron chi connectivity index (χ3n) is 3.39. The second-order valence-corrected chi connectivity index (χ2v) is 4.73. The molecular weight excluding hydrogens is 200 g/mol. The van der Waals surface area contributed by atoms with Crippen molar-refractivity contribution in [2.75, 3.05) is 13.1 Å². The molecule has 1 aliphatic heterocycles. The lowest BCUT2D eigenvalue weighted by atomic mass is 10.1. The van der Waals surface area contributed by atoms with Crippen LogP contribution in [0.5, 0.6) is 0 Å². The molecule has 16 heavy (non-hydrogen) atoms. The largest absolute Gasteiger partial charge is 0.314 e. The van der Waals surface area contributed by atoms with Crippen LogP contribution in [0.2, 0.25) is 0 Å². The van der Waals surface area contributed by atoms with E-state index in [1.807, 2.05) is 10.9 Å². The second kappa shape index (κ2) is 4.97. The van der Waals surface area contributed by atoms with Crippen molar-refractivity contribution < 1.29 is 0 Å². The summed E-state index contributed by atoms with van der Waals surface area (Å²) in [4.78, 5) is 2.55. The molecule has 0 aromatic carbocycles. The van der Waals surface area contributed by atoms with Gasteiger partial charge in [-0.2, -0.15) is 5.10 Å². The molecule has 4 nitrogen and oxygen atoms in total. The number of nitrogens with one attached hydrogen (secondary N) is 1.